The second kappa shape index (κ2) is 6.89. The summed E-state index contributed by atoms with van der Waals surface area (Å²) in [5.74, 6) is 1.52. The van der Waals surface area contributed by atoms with Gasteiger partial charge in [0.1, 0.15) is 0 Å². The van der Waals surface area contributed by atoms with Gasteiger partial charge in [0.05, 0.1) is 4.90 Å². The number of rotatable bonds is 4. The summed E-state index contributed by atoms with van der Waals surface area (Å²) in [5.41, 5.74) is 0. The standard InChI is InChI=1S/C18H19N5O2S/c24-26(25,16-6-2-1-3-7-16)23-14-12-22(13-15-23)18-9-8-17(19-20-18)21-10-4-5-11-21/h1-11H,12-15H2. The first kappa shape index (κ1) is 16.7. The van der Waals surface area contributed by atoms with Gasteiger partial charge in [0.2, 0.25) is 10.0 Å². The van der Waals surface area contributed by atoms with Gasteiger partial charge < -0.3 is 9.47 Å². The molecule has 1 saturated heterocycles. The number of hydrogen-bond acceptors (Lipinski definition) is 5. The summed E-state index contributed by atoms with van der Waals surface area (Å²) in [5, 5.41) is 8.54. The van der Waals surface area contributed by atoms with E-state index >= 15 is 0 Å². The molecule has 26 heavy (non-hydrogen) atoms. The van der Waals surface area contributed by atoms with Crippen molar-refractivity contribution < 1.29 is 8.42 Å². The van der Waals surface area contributed by atoms with Crippen molar-refractivity contribution in [1.82, 2.24) is 19.1 Å². The molecule has 0 spiro atoms. The van der Waals surface area contributed by atoms with Gasteiger partial charge in [0.25, 0.3) is 0 Å². The van der Waals surface area contributed by atoms with Crippen LogP contribution in [0.5, 0.6) is 0 Å². The largest absolute Gasteiger partial charge is 0.352 e. The second-order valence-corrected chi connectivity index (χ2v) is 7.98. The Morgan fingerprint density at radius 3 is 1.96 bits per heavy atom. The zero-order valence-electron chi connectivity index (χ0n) is 14.1. The van der Waals surface area contributed by atoms with Gasteiger partial charge in [-0.3, -0.25) is 0 Å². The lowest BCUT2D eigenvalue weighted by Crippen LogP contribution is -2.49. The Morgan fingerprint density at radius 2 is 1.35 bits per heavy atom. The molecule has 0 unspecified atom stereocenters. The fraction of sp³-hybridized carbons (Fsp3) is 0.222. The number of benzene rings is 1. The Bertz CT molecular complexity index is 949. The quantitative estimate of drug-likeness (QED) is 0.701. The van der Waals surface area contributed by atoms with Crippen molar-refractivity contribution in [2.24, 2.45) is 0 Å². The van der Waals surface area contributed by atoms with E-state index in [1.807, 2.05) is 47.3 Å². The zero-order valence-corrected chi connectivity index (χ0v) is 15.0. The predicted molar refractivity (Wildman–Crippen MR) is 98.8 cm³/mol. The number of nitrogens with zero attached hydrogens (tertiary/aromatic N) is 5. The van der Waals surface area contributed by atoms with E-state index in [2.05, 4.69) is 15.1 Å². The average molecular weight is 369 g/mol. The van der Waals surface area contributed by atoms with Gasteiger partial charge in [-0.15, -0.1) is 10.2 Å². The highest BCUT2D eigenvalue weighted by Crippen LogP contribution is 2.20. The van der Waals surface area contributed by atoms with E-state index in [9.17, 15) is 8.42 Å². The molecule has 3 heterocycles. The highest BCUT2D eigenvalue weighted by molar-refractivity contribution is 7.89. The van der Waals surface area contributed by atoms with Gasteiger partial charge in [-0.2, -0.15) is 4.31 Å². The second-order valence-electron chi connectivity index (χ2n) is 6.04. The van der Waals surface area contributed by atoms with E-state index in [1.165, 1.54) is 4.31 Å². The normalized spacial score (nSPS) is 15.9. The summed E-state index contributed by atoms with van der Waals surface area (Å²) in [6, 6.07) is 16.3. The van der Waals surface area contributed by atoms with Crippen molar-refractivity contribution in [2.75, 3.05) is 31.1 Å². The molecule has 1 fully saturated rings. The van der Waals surface area contributed by atoms with E-state index in [-0.39, 0.29) is 0 Å². The molecule has 0 amide bonds. The minimum absolute atomic E-state index is 0.337. The van der Waals surface area contributed by atoms with Crippen LogP contribution in [0.2, 0.25) is 0 Å². The first-order valence-electron chi connectivity index (χ1n) is 8.42. The predicted octanol–water partition coefficient (Wildman–Crippen LogP) is 1.78. The summed E-state index contributed by atoms with van der Waals surface area (Å²) in [4.78, 5) is 2.40. The highest BCUT2D eigenvalue weighted by Gasteiger charge is 2.28. The van der Waals surface area contributed by atoms with Crippen molar-refractivity contribution in [3.63, 3.8) is 0 Å². The van der Waals surface area contributed by atoms with Crippen LogP contribution in [0.25, 0.3) is 5.82 Å². The van der Waals surface area contributed by atoms with E-state index < -0.39 is 10.0 Å². The molecule has 1 aromatic carbocycles. The molecule has 0 bridgehead atoms. The minimum atomic E-state index is -3.44. The van der Waals surface area contributed by atoms with Crippen LogP contribution < -0.4 is 4.90 Å². The van der Waals surface area contributed by atoms with Gasteiger partial charge in [0, 0.05) is 38.6 Å². The van der Waals surface area contributed by atoms with Crippen LogP contribution in [0.1, 0.15) is 0 Å². The topological polar surface area (TPSA) is 71.3 Å². The molecule has 3 aromatic rings. The molecular formula is C18H19N5O2S. The zero-order chi connectivity index (χ0) is 18.0. The van der Waals surface area contributed by atoms with E-state index in [0.717, 1.165) is 11.6 Å². The van der Waals surface area contributed by atoms with Gasteiger partial charge in [-0.25, -0.2) is 8.42 Å². The lowest BCUT2D eigenvalue weighted by Gasteiger charge is -2.34. The Labute approximate surface area is 152 Å². The third kappa shape index (κ3) is 3.21. The van der Waals surface area contributed by atoms with Crippen molar-refractivity contribution >= 4 is 15.8 Å². The average Bonchev–Trinajstić information content (AvgIpc) is 3.24. The summed E-state index contributed by atoms with van der Waals surface area (Å²) in [6.45, 7) is 2.03. The molecule has 0 radical (unpaired) electrons. The monoisotopic (exact) mass is 369 g/mol. The molecule has 134 valence electrons. The van der Waals surface area contributed by atoms with Gasteiger partial charge in [-0.1, -0.05) is 18.2 Å². The molecule has 1 aliphatic rings. The molecule has 0 aliphatic carbocycles. The van der Waals surface area contributed by atoms with Crippen LogP contribution in [0.15, 0.2) is 71.9 Å². The molecule has 4 rings (SSSR count). The Hall–Kier alpha value is -2.71. The first-order valence-corrected chi connectivity index (χ1v) is 9.86. The van der Waals surface area contributed by atoms with Crippen molar-refractivity contribution in [3.05, 3.63) is 67.0 Å². The number of aromatic nitrogens is 3. The number of sulfonamides is 1. The third-order valence-electron chi connectivity index (χ3n) is 4.45. The van der Waals surface area contributed by atoms with E-state index in [4.69, 9.17) is 0 Å². The van der Waals surface area contributed by atoms with Crippen LogP contribution in [0.3, 0.4) is 0 Å². The van der Waals surface area contributed by atoms with Crippen LogP contribution in [-0.2, 0) is 10.0 Å². The Morgan fingerprint density at radius 1 is 0.731 bits per heavy atom. The molecule has 0 atom stereocenters. The fourth-order valence-electron chi connectivity index (χ4n) is 3.01. The SMILES string of the molecule is O=S(=O)(c1ccccc1)N1CCN(c2ccc(-n3cccc3)nn2)CC1. The molecule has 7 nitrogen and oxygen atoms in total. The van der Waals surface area contributed by atoms with Crippen molar-refractivity contribution in [3.8, 4) is 5.82 Å². The molecule has 8 heteroatoms. The minimum Gasteiger partial charge on any atom is -0.352 e. The lowest BCUT2D eigenvalue weighted by atomic mass is 10.3. The number of hydrogen-bond donors (Lipinski definition) is 0. The van der Waals surface area contributed by atoms with Gasteiger partial charge >= 0.3 is 0 Å². The fourth-order valence-corrected chi connectivity index (χ4v) is 4.45. The van der Waals surface area contributed by atoms with E-state index in [0.29, 0.717) is 31.1 Å². The molecule has 0 saturated carbocycles. The molecular weight excluding hydrogens is 350 g/mol. The summed E-state index contributed by atoms with van der Waals surface area (Å²) in [6.07, 6.45) is 3.83. The maximum atomic E-state index is 12.7. The maximum Gasteiger partial charge on any atom is 0.243 e. The van der Waals surface area contributed by atoms with Gasteiger partial charge in [0.15, 0.2) is 11.6 Å². The van der Waals surface area contributed by atoms with Crippen molar-refractivity contribution in [1.29, 1.82) is 0 Å². The third-order valence-corrected chi connectivity index (χ3v) is 6.36. The molecule has 1 aliphatic heterocycles. The first-order chi connectivity index (χ1) is 12.6. The summed E-state index contributed by atoms with van der Waals surface area (Å²) < 4.78 is 28.8. The summed E-state index contributed by atoms with van der Waals surface area (Å²) >= 11 is 0. The van der Waals surface area contributed by atoms with Crippen LogP contribution in [-0.4, -0.2) is 53.7 Å². The van der Waals surface area contributed by atoms with Gasteiger partial charge in [-0.05, 0) is 36.4 Å². The van der Waals surface area contributed by atoms with E-state index in [1.54, 1.807) is 24.3 Å². The molecule has 2 aromatic heterocycles. The number of piperazine rings is 1. The van der Waals surface area contributed by atoms with Crippen molar-refractivity contribution in [2.45, 2.75) is 4.90 Å². The Balaban J connectivity index is 1.44. The maximum absolute atomic E-state index is 12.7. The highest BCUT2D eigenvalue weighted by atomic mass is 32.2. The van der Waals surface area contributed by atoms with Crippen LogP contribution >= 0.6 is 0 Å². The summed E-state index contributed by atoms with van der Waals surface area (Å²) in [7, 11) is -3.44. The smallest absolute Gasteiger partial charge is 0.243 e. The molecule has 0 N–H and O–H groups in total. The van der Waals surface area contributed by atoms with Crippen LogP contribution in [0.4, 0.5) is 5.82 Å². The van der Waals surface area contributed by atoms with Crippen LogP contribution in [0, 0.1) is 0 Å². The lowest BCUT2D eigenvalue weighted by molar-refractivity contribution is 0.383. The Kier molecular flexibility index (Phi) is 4.44. The number of anilines is 1.